The summed E-state index contributed by atoms with van der Waals surface area (Å²) in [5, 5.41) is 3.47. The number of ether oxygens (including phenoxy) is 1. The Morgan fingerprint density at radius 3 is 2.80 bits per heavy atom. The van der Waals surface area contributed by atoms with E-state index >= 15 is 0 Å². The molecule has 0 spiro atoms. The number of rotatable bonds is 7. The molecule has 0 aromatic heterocycles. The molecule has 1 aromatic carbocycles. The average molecular weight is 207 g/mol. The highest BCUT2D eigenvalue weighted by atomic mass is 16.5. The second-order valence-corrected chi connectivity index (χ2v) is 3.68. The smallest absolute Gasteiger partial charge is 0.0503 e. The van der Waals surface area contributed by atoms with Crippen LogP contribution >= 0.6 is 0 Å². The minimum atomic E-state index is 0.784. The molecule has 0 saturated heterocycles. The standard InChI is InChI=1S/C13H21NO/c1-3-4-10-14-13-8-6-5-7-12(13)9-11-15-2/h5-8,14H,3-4,9-11H2,1-2H3. The number of unbranched alkanes of at least 4 members (excludes halogenated alkanes) is 1. The lowest BCUT2D eigenvalue weighted by atomic mass is 10.1. The molecular weight excluding hydrogens is 186 g/mol. The van der Waals surface area contributed by atoms with Crippen molar-refractivity contribution in [2.24, 2.45) is 0 Å². The van der Waals surface area contributed by atoms with Crippen LogP contribution in [0.5, 0.6) is 0 Å². The fourth-order valence-electron chi connectivity index (χ4n) is 1.52. The van der Waals surface area contributed by atoms with Gasteiger partial charge in [-0.3, -0.25) is 0 Å². The summed E-state index contributed by atoms with van der Waals surface area (Å²) in [7, 11) is 1.74. The minimum absolute atomic E-state index is 0.784. The van der Waals surface area contributed by atoms with Crippen LogP contribution < -0.4 is 5.32 Å². The van der Waals surface area contributed by atoms with Crippen molar-refractivity contribution < 1.29 is 4.74 Å². The number of para-hydroxylation sites is 1. The fraction of sp³-hybridized carbons (Fsp3) is 0.538. The van der Waals surface area contributed by atoms with Crippen LogP contribution in [0, 0.1) is 0 Å². The Bertz CT molecular complexity index is 273. The monoisotopic (exact) mass is 207 g/mol. The Morgan fingerprint density at radius 1 is 1.27 bits per heavy atom. The Hall–Kier alpha value is -1.02. The van der Waals surface area contributed by atoms with E-state index in [0.29, 0.717) is 0 Å². The topological polar surface area (TPSA) is 21.3 Å². The molecule has 0 radical (unpaired) electrons. The highest BCUT2D eigenvalue weighted by Crippen LogP contribution is 2.15. The predicted octanol–water partition coefficient (Wildman–Crippen LogP) is 3.09. The summed E-state index contributed by atoms with van der Waals surface area (Å²) in [4.78, 5) is 0. The Morgan fingerprint density at radius 2 is 2.07 bits per heavy atom. The Kier molecular flexibility index (Phi) is 5.86. The second-order valence-electron chi connectivity index (χ2n) is 3.68. The van der Waals surface area contributed by atoms with Crippen molar-refractivity contribution in [2.45, 2.75) is 26.2 Å². The van der Waals surface area contributed by atoms with Gasteiger partial charge < -0.3 is 10.1 Å². The van der Waals surface area contributed by atoms with Gasteiger partial charge in [0.15, 0.2) is 0 Å². The molecule has 84 valence electrons. The van der Waals surface area contributed by atoms with Crippen LogP contribution in [0.25, 0.3) is 0 Å². The van der Waals surface area contributed by atoms with E-state index in [-0.39, 0.29) is 0 Å². The summed E-state index contributed by atoms with van der Waals surface area (Å²) in [6.07, 6.45) is 3.43. The predicted molar refractivity (Wildman–Crippen MR) is 65.4 cm³/mol. The highest BCUT2D eigenvalue weighted by Gasteiger charge is 1.99. The number of anilines is 1. The van der Waals surface area contributed by atoms with Gasteiger partial charge in [-0.05, 0) is 24.5 Å². The summed E-state index contributed by atoms with van der Waals surface area (Å²) in [6.45, 7) is 4.05. The number of methoxy groups -OCH3 is 1. The molecule has 0 aliphatic carbocycles. The van der Waals surface area contributed by atoms with Crippen molar-refractivity contribution >= 4 is 5.69 Å². The van der Waals surface area contributed by atoms with Crippen LogP contribution in [0.1, 0.15) is 25.3 Å². The maximum atomic E-state index is 5.10. The van der Waals surface area contributed by atoms with Gasteiger partial charge in [-0.25, -0.2) is 0 Å². The summed E-state index contributed by atoms with van der Waals surface area (Å²) >= 11 is 0. The molecule has 0 saturated carbocycles. The first-order chi connectivity index (χ1) is 7.38. The van der Waals surface area contributed by atoms with E-state index in [1.807, 2.05) is 0 Å². The summed E-state index contributed by atoms with van der Waals surface area (Å²) in [5.41, 5.74) is 2.60. The van der Waals surface area contributed by atoms with Crippen molar-refractivity contribution in [2.75, 3.05) is 25.6 Å². The van der Waals surface area contributed by atoms with Crippen LogP contribution in [0.15, 0.2) is 24.3 Å². The van der Waals surface area contributed by atoms with Crippen LogP contribution in [0.2, 0.25) is 0 Å². The third-order valence-electron chi connectivity index (χ3n) is 2.44. The summed E-state index contributed by atoms with van der Waals surface area (Å²) in [6, 6.07) is 8.45. The van der Waals surface area contributed by atoms with Crippen LogP contribution in [-0.2, 0) is 11.2 Å². The molecule has 2 heteroatoms. The van der Waals surface area contributed by atoms with E-state index < -0.39 is 0 Å². The van der Waals surface area contributed by atoms with Crippen molar-refractivity contribution in [3.05, 3.63) is 29.8 Å². The largest absolute Gasteiger partial charge is 0.385 e. The quantitative estimate of drug-likeness (QED) is 0.694. The molecule has 1 N–H and O–H groups in total. The van der Waals surface area contributed by atoms with Gasteiger partial charge >= 0.3 is 0 Å². The summed E-state index contributed by atoms with van der Waals surface area (Å²) in [5.74, 6) is 0. The van der Waals surface area contributed by atoms with Crippen molar-refractivity contribution in [1.82, 2.24) is 0 Å². The number of hydrogen-bond donors (Lipinski definition) is 1. The molecule has 0 aliphatic heterocycles. The molecule has 0 unspecified atom stereocenters. The molecule has 15 heavy (non-hydrogen) atoms. The van der Waals surface area contributed by atoms with Crippen molar-refractivity contribution in [1.29, 1.82) is 0 Å². The van der Waals surface area contributed by atoms with E-state index in [9.17, 15) is 0 Å². The molecule has 1 rings (SSSR count). The SMILES string of the molecule is CCCCNc1ccccc1CCOC. The average Bonchev–Trinajstić information content (AvgIpc) is 2.28. The zero-order chi connectivity index (χ0) is 10.9. The fourth-order valence-corrected chi connectivity index (χ4v) is 1.52. The molecule has 0 aliphatic rings. The molecule has 0 heterocycles. The third kappa shape index (κ3) is 4.34. The number of benzene rings is 1. The lowest BCUT2D eigenvalue weighted by Crippen LogP contribution is -2.05. The van der Waals surface area contributed by atoms with Crippen LogP contribution in [0.4, 0.5) is 5.69 Å². The second kappa shape index (κ2) is 7.30. The molecule has 1 aromatic rings. The van der Waals surface area contributed by atoms with Crippen molar-refractivity contribution in [3.63, 3.8) is 0 Å². The molecule has 0 bridgehead atoms. The first-order valence-corrected chi connectivity index (χ1v) is 5.69. The van der Waals surface area contributed by atoms with Gasteiger partial charge in [0.05, 0.1) is 6.61 Å². The van der Waals surface area contributed by atoms with Gasteiger partial charge in [0.2, 0.25) is 0 Å². The van der Waals surface area contributed by atoms with Gasteiger partial charge in [0.1, 0.15) is 0 Å². The minimum Gasteiger partial charge on any atom is -0.385 e. The highest BCUT2D eigenvalue weighted by molar-refractivity contribution is 5.51. The molecule has 0 fully saturated rings. The van der Waals surface area contributed by atoms with E-state index in [0.717, 1.165) is 19.6 Å². The number of nitrogens with one attached hydrogen (secondary N) is 1. The van der Waals surface area contributed by atoms with Gasteiger partial charge in [0.25, 0.3) is 0 Å². The Balaban J connectivity index is 2.52. The van der Waals surface area contributed by atoms with E-state index in [1.165, 1.54) is 24.1 Å². The summed E-state index contributed by atoms with van der Waals surface area (Å²) < 4.78 is 5.10. The molecule has 2 nitrogen and oxygen atoms in total. The van der Waals surface area contributed by atoms with Crippen molar-refractivity contribution in [3.8, 4) is 0 Å². The third-order valence-corrected chi connectivity index (χ3v) is 2.44. The molecule has 0 amide bonds. The lowest BCUT2D eigenvalue weighted by Gasteiger charge is -2.11. The van der Waals surface area contributed by atoms with E-state index in [4.69, 9.17) is 4.74 Å². The molecule has 0 atom stereocenters. The zero-order valence-electron chi connectivity index (χ0n) is 9.75. The maximum Gasteiger partial charge on any atom is 0.0503 e. The van der Waals surface area contributed by atoms with Gasteiger partial charge in [0, 0.05) is 19.3 Å². The van der Waals surface area contributed by atoms with Gasteiger partial charge in [-0.2, -0.15) is 0 Å². The first kappa shape index (κ1) is 12.1. The lowest BCUT2D eigenvalue weighted by molar-refractivity contribution is 0.202. The Labute approximate surface area is 92.6 Å². The molecular formula is C13H21NO. The normalized spacial score (nSPS) is 10.3. The van der Waals surface area contributed by atoms with E-state index in [1.54, 1.807) is 7.11 Å². The van der Waals surface area contributed by atoms with Crippen LogP contribution in [0.3, 0.4) is 0 Å². The first-order valence-electron chi connectivity index (χ1n) is 5.69. The van der Waals surface area contributed by atoms with Gasteiger partial charge in [-0.15, -0.1) is 0 Å². The number of hydrogen-bond acceptors (Lipinski definition) is 2. The maximum absolute atomic E-state index is 5.10. The van der Waals surface area contributed by atoms with Crippen LogP contribution in [-0.4, -0.2) is 20.3 Å². The van der Waals surface area contributed by atoms with Gasteiger partial charge in [-0.1, -0.05) is 31.5 Å². The van der Waals surface area contributed by atoms with E-state index in [2.05, 4.69) is 36.5 Å². The zero-order valence-corrected chi connectivity index (χ0v) is 9.75.